The minimum Gasteiger partial charge on any atom is -0.496 e. The highest BCUT2D eigenvalue weighted by molar-refractivity contribution is 5.79. The lowest BCUT2D eigenvalue weighted by Gasteiger charge is -2.20. The summed E-state index contributed by atoms with van der Waals surface area (Å²) in [4.78, 5) is 4.25. The highest BCUT2D eigenvalue weighted by atomic mass is 16.5. The van der Waals surface area contributed by atoms with E-state index in [-0.39, 0.29) is 0 Å². The van der Waals surface area contributed by atoms with Gasteiger partial charge in [-0.15, -0.1) is 0 Å². The van der Waals surface area contributed by atoms with Gasteiger partial charge in [-0.05, 0) is 30.9 Å². The molecule has 0 heterocycles. The number of guanidine groups is 1. The van der Waals surface area contributed by atoms with Gasteiger partial charge in [0.15, 0.2) is 5.96 Å². The molecule has 0 aliphatic carbocycles. The number of nitrogens with zero attached hydrogens (tertiary/aromatic N) is 1. The molecule has 0 aromatic heterocycles. The third-order valence-electron chi connectivity index (χ3n) is 3.47. The molecule has 0 radical (unpaired) electrons. The molecule has 1 aromatic carbocycles. The normalized spacial score (nSPS) is 13.2. The van der Waals surface area contributed by atoms with E-state index in [1.54, 1.807) is 14.2 Å². The zero-order valence-corrected chi connectivity index (χ0v) is 13.2. The van der Waals surface area contributed by atoms with Crippen molar-refractivity contribution in [3.05, 3.63) is 29.8 Å². The Morgan fingerprint density at radius 3 is 2.55 bits per heavy atom. The second-order valence-corrected chi connectivity index (χ2v) is 5.24. The van der Waals surface area contributed by atoms with Gasteiger partial charge in [0.2, 0.25) is 0 Å². The van der Waals surface area contributed by atoms with Crippen LogP contribution in [0.3, 0.4) is 0 Å². The lowest BCUT2D eigenvalue weighted by Crippen LogP contribution is -2.44. The summed E-state index contributed by atoms with van der Waals surface area (Å²) in [6.45, 7) is 7.38. The Labute approximate surface area is 122 Å². The number of hydrogen-bond acceptors (Lipinski definition) is 2. The van der Waals surface area contributed by atoms with Crippen molar-refractivity contribution in [2.75, 3.05) is 20.7 Å². The van der Waals surface area contributed by atoms with Gasteiger partial charge in [-0.1, -0.05) is 32.0 Å². The fourth-order valence-corrected chi connectivity index (χ4v) is 1.80. The monoisotopic (exact) mass is 277 g/mol. The number of para-hydroxylation sites is 1. The summed E-state index contributed by atoms with van der Waals surface area (Å²) in [5.74, 6) is 2.36. The summed E-state index contributed by atoms with van der Waals surface area (Å²) in [5.41, 5.74) is 1.20. The maximum absolute atomic E-state index is 5.35. The van der Waals surface area contributed by atoms with Crippen molar-refractivity contribution in [3.63, 3.8) is 0 Å². The van der Waals surface area contributed by atoms with Crippen molar-refractivity contribution in [3.8, 4) is 5.75 Å². The van der Waals surface area contributed by atoms with Gasteiger partial charge in [0, 0.05) is 19.6 Å². The number of aliphatic imine (C=N–C) groups is 1. The van der Waals surface area contributed by atoms with Crippen molar-refractivity contribution in [1.82, 2.24) is 10.6 Å². The van der Waals surface area contributed by atoms with Crippen molar-refractivity contribution in [1.29, 1.82) is 0 Å². The molecule has 1 atom stereocenters. The van der Waals surface area contributed by atoms with Crippen LogP contribution in [0.15, 0.2) is 29.3 Å². The van der Waals surface area contributed by atoms with Gasteiger partial charge in [0.05, 0.1) is 7.11 Å². The van der Waals surface area contributed by atoms with E-state index in [1.807, 2.05) is 18.2 Å². The molecule has 1 aromatic rings. The molecule has 112 valence electrons. The molecule has 4 nitrogen and oxygen atoms in total. The van der Waals surface area contributed by atoms with Crippen LogP contribution in [-0.2, 0) is 6.42 Å². The molecule has 0 spiro atoms. The zero-order chi connectivity index (χ0) is 15.0. The van der Waals surface area contributed by atoms with Crippen LogP contribution in [0.1, 0.15) is 26.3 Å². The van der Waals surface area contributed by atoms with Crippen LogP contribution in [0.2, 0.25) is 0 Å². The van der Waals surface area contributed by atoms with Gasteiger partial charge in [-0.25, -0.2) is 0 Å². The Hall–Kier alpha value is -1.71. The standard InChI is InChI=1S/C16H27N3O/c1-12(2)13(3)19-16(17-4)18-11-10-14-8-6-7-9-15(14)20-5/h6-9,12-13H,10-11H2,1-5H3,(H2,17,18,19). The summed E-state index contributed by atoms with van der Waals surface area (Å²) in [6.07, 6.45) is 0.904. The molecule has 0 amide bonds. The second kappa shape index (κ2) is 8.46. The minimum atomic E-state index is 0.396. The average molecular weight is 277 g/mol. The number of methoxy groups -OCH3 is 1. The summed E-state index contributed by atoms with van der Waals surface area (Å²) < 4.78 is 5.35. The van der Waals surface area contributed by atoms with Gasteiger partial charge in [-0.2, -0.15) is 0 Å². The van der Waals surface area contributed by atoms with Gasteiger partial charge >= 0.3 is 0 Å². The van der Waals surface area contributed by atoms with Crippen LogP contribution in [0, 0.1) is 5.92 Å². The van der Waals surface area contributed by atoms with E-state index in [9.17, 15) is 0 Å². The number of benzene rings is 1. The first-order chi connectivity index (χ1) is 9.58. The Balaban J connectivity index is 2.46. The lowest BCUT2D eigenvalue weighted by atomic mass is 10.1. The second-order valence-electron chi connectivity index (χ2n) is 5.24. The molecule has 2 N–H and O–H groups in total. The Kier molecular flexibility index (Phi) is 6.91. The molecular weight excluding hydrogens is 250 g/mol. The molecule has 1 rings (SSSR count). The topological polar surface area (TPSA) is 45.7 Å². The van der Waals surface area contributed by atoms with Crippen molar-refractivity contribution in [2.45, 2.75) is 33.2 Å². The fraction of sp³-hybridized carbons (Fsp3) is 0.562. The van der Waals surface area contributed by atoms with Crippen molar-refractivity contribution < 1.29 is 4.74 Å². The number of rotatable bonds is 6. The zero-order valence-electron chi connectivity index (χ0n) is 13.2. The number of hydrogen-bond donors (Lipinski definition) is 2. The Morgan fingerprint density at radius 2 is 1.95 bits per heavy atom. The number of ether oxygens (including phenoxy) is 1. The summed E-state index contributed by atoms with van der Waals surface area (Å²) in [7, 11) is 3.50. The third-order valence-corrected chi connectivity index (χ3v) is 3.47. The molecule has 0 aliphatic heterocycles. The van der Waals surface area contributed by atoms with Crippen LogP contribution < -0.4 is 15.4 Å². The van der Waals surface area contributed by atoms with Crippen LogP contribution in [0.5, 0.6) is 5.75 Å². The fourth-order valence-electron chi connectivity index (χ4n) is 1.80. The third kappa shape index (κ3) is 5.11. The van der Waals surface area contributed by atoms with E-state index in [0.717, 1.165) is 24.7 Å². The Bertz CT molecular complexity index is 429. The van der Waals surface area contributed by atoms with E-state index in [0.29, 0.717) is 12.0 Å². The van der Waals surface area contributed by atoms with Gasteiger partial charge in [0.25, 0.3) is 0 Å². The van der Waals surface area contributed by atoms with E-state index in [4.69, 9.17) is 4.74 Å². The molecule has 1 unspecified atom stereocenters. The Morgan fingerprint density at radius 1 is 1.25 bits per heavy atom. The first kappa shape index (κ1) is 16.3. The smallest absolute Gasteiger partial charge is 0.191 e. The maximum Gasteiger partial charge on any atom is 0.191 e. The molecular formula is C16H27N3O. The first-order valence-electron chi connectivity index (χ1n) is 7.17. The molecule has 0 saturated heterocycles. The maximum atomic E-state index is 5.35. The van der Waals surface area contributed by atoms with Gasteiger partial charge in [0.1, 0.15) is 5.75 Å². The van der Waals surface area contributed by atoms with E-state index >= 15 is 0 Å². The van der Waals surface area contributed by atoms with Crippen LogP contribution in [-0.4, -0.2) is 32.7 Å². The average Bonchev–Trinajstić information content (AvgIpc) is 2.46. The highest BCUT2D eigenvalue weighted by Gasteiger charge is 2.08. The van der Waals surface area contributed by atoms with Crippen LogP contribution in [0.25, 0.3) is 0 Å². The van der Waals surface area contributed by atoms with Gasteiger partial charge in [-0.3, -0.25) is 4.99 Å². The van der Waals surface area contributed by atoms with Crippen LogP contribution in [0.4, 0.5) is 0 Å². The van der Waals surface area contributed by atoms with Crippen molar-refractivity contribution >= 4 is 5.96 Å². The number of nitrogens with one attached hydrogen (secondary N) is 2. The molecule has 4 heteroatoms. The van der Waals surface area contributed by atoms with Crippen molar-refractivity contribution in [2.24, 2.45) is 10.9 Å². The van der Waals surface area contributed by atoms with Gasteiger partial charge < -0.3 is 15.4 Å². The summed E-state index contributed by atoms with van der Waals surface area (Å²) in [6, 6.07) is 8.50. The van der Waals surface area contributed by atoms with E-state index in [1.165, 1.54) is 5.56 Å². The summed E-state index contributed by atoms with van der Waals surface area (Å²) >= 11 is 0. The molecule has 0 fully saturated rings. The van der Waals surface area contributed by atoms with E-state index in [2.05, 4.69) is 42.5 Å². The minimum absolute atomic E-state index is 0.396. The predicted molar refractivity (Wildman–Crippen MR) is 85.5 cm³/mol. The molecule has 0 bridgehead atoms. The molecule has 0 aliphatic rings. The summed E-state index contributed by atoms with van der Waals surface area (Å²) in [5, 5.41) is 6.73. The van der Waals surface area contributed by atoms with Crippen LogP contribution >= 0.6 is 0 Å². The van der Waals surface area contributed by atoms with E-state index < -0.39 is 0 Å². The molecule has 20 heavy (non-hydrogen) atoms. The first-order valence-corrected chi connectivity index (χ1v) is 7.17. The molecule has 0 saturated carbocycles. The lowest BCUT2D eigenvalue weighted by molar-refractivity contribution is 0.409. The predicted octanol–water partition coefficient (Wildman–Crippen LogP) is 2.45. The largest absolute Gasteiger partial charge is 0.496 e. The SMILES string of the molecule is CN=C(NCCc1ccccc1OC)NC(C)C(C)C. The quantitative estimate of drug-likeness (QED) is 0.620. The highest BCUT2D eigenvalue weighted by Crippen LogP contribution is 2.17.